The molecule has 3 aliphatic rings. The molecule has 40 heavy (non-hydrogen) atoms. The standard InChI is InChI=1S/C29H35FN3O5PSi/c1-3-23-27(26(30)28(36-23)32-18-16-25(34)31-29(32)35)38-39-33-17-10-15-22(33)24(37-39)19-40(2,20-11-6-4-7-12-20)21-13-8-5-9-14-21/h4-9,11-14,16,18,22-24,26-28H,3,10,15,17,19H2,1-2H3,(H,31,34,35)/t22-,23-,24+,26+,27?,28-,39+/m1/s1. The number of rotatable bonds is 8. The maximum atomic E-state index is 15.9. The molecular formula is C29H35FN3O5PSi. The largest absolute Gasteiger partial charge is 0.349 e. The molecule has 1 aromatic heterocycles. The molecule has 212 valence electrons. The third-order valence-corrected chi connectivity index (χ3v) is 14.8. The van der Waals surface area contributed by atoms with Crippen LogP contribution in [-0.4, -0.2) is 59.4 Å². The molecule has 3 aromatic rings. The smallest absolute Gasteiger partial charge is 0.330 e. The number of nitrogens with zero attached hydrogens (tertiary/aromatic N) is 2. The summed E-state index contributed by atoms with van der Waals surface area (Å²) in [4.78, 5) is 26.1. The molecule has 11 heteroatoms. The second-order valence-electron chi connectivity index (χ2n) is 11.0. The predicted molar refractivity (Wildman–Crippen MR) is 155 cm³/mol. The Morgan fingerprint density at radius 1 is 1.05 bits per heavy atom. The fraction of sp³-hybridized carbons (Fsp3) is 0.448. The molecule has 3 saturated heterocycles. The van der Waals surface area contributed by atoms with Crippen LogP contribution in [-0.2, 0) is 13.8 Å². The number of hydrogen-bond donors (Lipinski definition) is 1. The van der Waals surface area contributed by atoms with E-state index in [1.165, 1.54) is 22.6 Å². The molecule has 8 nitrogen and oxygen atoms in total. The van der Waals surface area contributed by atoms with E-state index in [9.17, 15) is 9.59 Å². The predicted octanol–water partition coefficient (Wildman–Crippen LogP) is 3.55. The molecule has 7 atom stereocenters. The van der Waals surface area contributed by atoms with Crippen LogP contribution >= 0.6 is 8.53 Å². The van der Waals surface area contributed by atoms with Gasteiger partial charge in [0.15, 0.2) is 12.4 Å². The first-order chi connectivity index (χ1) is 19.4. The van der Waals surface area contributed by atoms with Gasteiger partial charge in [0.2, 0.25) is 0 Å². The van der Waals surface area contributed by atoms with Crippen molar-refractivity contribution in [2.75, 3.05) is 6.54 Å². The summed E-state index contributed by atoms with van der Waals surface area (Å²) in [5.74, 6) is 0. The number of aromatic amines is 1. The maximum absolute atomic E-state index is 15.9. The Balaban J connectivity index is 1.24. The lowest BCUT2D eigenvalue weighted by atomic mass is 10.1. The van der Waals surface area contributed by atoms with Crippen LogP contribution in [0.3, 0.4) is 0 Å². The number of fused-ring (bicyclic) bond motifs is 1. The number of nitrogens with one attached hydrogen (secondary N) is 1. The third-order valence-electron chi connectivity index (χ3n) is 8.57. The zero-order valence-electron chi connectivity index (χ0n) is 22.7. The van der Waals surface area contributed by atoms with Crippen LogP contribution in [0.15, 0.2) is 82.5 Å². The molecular weight excluding hydrogens is 548 g/mol. The van der Waals surface area contributed by atoms with Crippen molar-refractivity contribution in [3.63, 3.8) is 0 Å². The van der Waals surface area contributed by atoms with Gasteiger partial charge >= 0.3 is 5.69 Å². The van der Waals surface area contributed by atoms with Crippen molar-refractivity contribution in [1.29, 1.82) is 0 Å². The van der Waals surface area contributed by atoms with Gasteiger partial charge in [-0.1, -0.05) is 84.5 Å². The Bertz CT molecular complexity index is 1390. The number of benzene rings is 2. The van der Waals surface area contributed by atoms with Gasteiger partial charge in [0.05, 0.1) is 12.2 Å². The van der Waals surface area contributed by atoms with Crippen molar-refractivity contribution in [2.45, 2.75) is 75.5 Å². The molecule has 4 heterocycles. The molecule has 0 spiro atoms. The number of ether oxygens (including phenoxy) is 1. The van der Waals surface area contributed by atoms with E-state index < -0.39 is 52.5 Å². The lowest BCUT2D eigenvalue weighted by Crippen LogP contribution is -2.58. The number of alkyl halides is 1. The second-order valence-corrected chi connectivity index (χ2v) is 16.7. The van der Waals surface area contributed by atoms with Crippen molar-refractivity contribution in [3.05, 3.63) is 93.8 Å². The maximum Gasteiger partial charge on any atom is 0.330 e. The van der Waals surface area contributed by atoms with Gasteiger partial charge in [0.1, 0.15) is 14.2 Å². The van der Waals surface area contributed by atoms with Crippen molar-refractivity contribution in [3.8, 4) is 0 Å². The van der Waals surface area contributed by atoms with Gasteiger partial charge in [-0.05, 0) is 25.3 Å². The topological polar surface area (TPSA) is 85.8 Å². The molecule has 0 amide bonds. The van der Waals surface area contributed by atoms with E-state index in [0.29, 0.717) is 6.42 Å². The molecule has 3 aliphatic heterocycles. The molecule has 3 fully saturated rings. The van der Waals surface area contributed by atoms with Gasteiger partial charge < -0.3 is 13.8 Å². The third kappa shape index (κ3) is 5.06. The van der Waals surface area contributed by atoms with E-state index in [1.54, 1.807) is 0 Å². The Morgan fingerprint density at radius 2 is 1.73 bits per heavy atom. The fourth-order valence-electron chi connectivity index (χ4n) is 6.38. The van der Waals surface area contributed by atoms with Gasteiger partial charge in [-0.25, -0.2) is 13.9 Å². The first-order valence-electron chi connectivity index (χ1n) is 14.0. The molecule has 0 bridgehead atoms. The zero-order valence-corrected chi connectivity index (χ0v) is 24.6. The highest BCUT2D eigenvalue weighted by molar-refractivity contribution is 7.45. The van der Waals surface area contributed by atoms with Crippen molar-refractivity contribution < 1.29 is 18.2 Å². The lowest BCUT2D eigenvalue weighted by molar-refractivity contribution is -0.0269. The van der Waals surface area contributed by atoms with E-state index >= 15 is 4.39 Å². The summed E-state index contributed by atoms with van der Waals surface area (Å²) in [5, 5.41) is 2.72. The highest BCUT2D eigenvalue weighted by atomic mass is 31.2. The number of aromatic nitrogens is 2. The summed E-state index contributed by atoms with van der Waals surface area (Å²) in [6.07, 6.45) is -0.350. The van der Waals surface area contributed by atoms with Crippen molar-refractivity contribution >= 4 is 27.0 Å². The summed E-state index contributed by atoms with van der Waals surface area (Å²) >= 11 is 0. The van der Waals surface area contributed by atoms with E-state index in [4.69, 9.17) is 13.8 Å². The van der Waals surface area contributed by atoms with Crippen LogP contribution in [0.25, 0.3) is 0 Å². The lowest BCUT2D eigenvalue weighted by Gasteiger charge is -2.32. The second kappa shape index (κ2) is 11.4. The minimum absolute atomic E-state index is 0.0243. The number of halogens is 1. The summed E-state index contributed by atoms with van der Waals surface area (Å²) in [7, 11) is -3.66. The highest BCUT2D eigenvalue weighted by Crippen LogP contribution is 2.59. The Morgan fingerprint density at radius 3 is 2.35 bits per heavy atom. The van der Waals surface area contributed by atoms with Gasteiger partial charge in [-0.2, -0.15) is 0 Å². The molecule has 2 aromatic carbocycles. The van der Waals surface area contributed by atoms with Crippen molar-refractivity contribution in [1.82, 2.24) is 14.2 Å². The number of H-pyrrole nitrogens is 1. The summed E-state index contributed by atoms with van der Waals surface area (Å²) in [6.45, 7) is 5.17. The quantitative estimate of drug-likeness (QED) is 0.323. The van der Waals surface area contributed by atoms with Crippen LogP contribution in [0, 0.1) is 0 Å². The minimum Gasteiger partial charge on any atom is -0.349 e. The zero-order chi connectivity index (χ0) is 27.9. The average Bonchev–Trinajstić information content (AvgIpc) is 3.66. The molecule has 0 aliphatic carbocycles. The Labute approximate surface area is 235 Å². The van der Waals surface area contributed by atoms with E-state index in [1.807, 2.05) is 6.92 Å². The Hall–Kier alpha value is -2.46. The molecule has 6 rings (SSSR count). The molecule has 0 saturated carbocycles. The first-order valence-corrected chi connectivity index (χ1v) is 17.8. The van der Waals surface area contributed by atoms with E-state index in [0.717, 1.165) is 30.0 Å². The van der Waals surface area contributed by atoms with Crippen LogP contribution < -0.4 is 21.6 Å². The molecule has 1 N–H and O–H groups in total. The average molecular weight is 584 g/mol. The van der Waals surface area contributed by atoms with Gasteiger partial charge in [0.25, 0.3) is 14.1 Å². The van der Waals surface area contributed by atoms with Crippen LogP contribution in [0.1, 0.15) is 32.4 Å². The monoisotopic (exact) mass is 583 g/mol. The van der Waals surface area contributed by atoms with Crippen LogP contribution in [0.5, 0.6) is 0 Å². The normalized spacial score (nSPS) is 30.5. The minimum atomic E-state index is -2.16. The van der Waals surface area contributed by atoms with E-state index in [-0.39, 0.29) is 12.1 Å². The van der Waals surface area contributed by atoms with Crippen LogP contribution in [0.4, 0.5) is 4.39 Å². The SMILES string of the molecule is CC[C@H]1O[C@@H](n2ccc(=O)[nH]c2=O)[C@@H](F)C1O[P@]1O[C@@H](C[Si](C)(c2ccccc2)c2ccccc2)[C@H]2CCCN21. The van der Waals surface area contributed by atoms with Crippen molar-refractivity contribution in [2.24, 2.45) is 0 Å². The molecule has 0 radical (unpaired) electrons. The van der Waals surface area contributed by atoms with Gasteiger partial charge in [-0.15, -0.1) is 0 Å². The Kier molecular flexibility index (Phi) is 7.91. The summed E-state index contributed by atoms with van der Waals surface area (Å²) in [6, 6.07) is 23.8. The summed E-state index contributed by atoms with van der Waals surface area (Å²) in [5.41, 5.74) is -1.24. The van der Waals surface area contributed by atoms with Crippen LogP contribution in [0.2, 0.25) is 12.6 Å². The van der Waals surface area contributed by atoms with E-state index in [2.05, 4.69) is 76.9 Å². The van der Waals surface area contributed by atoms with Gasteiger partial charge in [0, 0.05) is 24.8 Å². The first kappa shape index (κ1) is 27.7. The molecule has 1 unspecified atom stereocenters. The highest BCUT2D eigenvalue weighted by Gasteiger charge is 2.54. The fourth-order valence-corrected chi connectivity index (χ4v) is 12.4. The number of hydrogen-bond acceptors (Lipinski definition) is 6. The summed E-state index contributed by atoms with van der Waals surface area (Å²) < 4.78 is 38.5. The van der Waals surface area contributed by atoms with Gasteiger partial charge in [-0.3, -0.25) is 14.3 Å².